The van der Waals surface area contributed by atoms with Crippen LogP contribution in [-0.2, 0) is 14.3 Å². The number of ether oxygens (including phenoxy) is 1. The Morgan fingerprint density at radius 3 is 2.47 bits per heavy atom. The van der Waals surface area contributed by atoms with E-state index in [4.69, 9.17) is 4.74 Å². The van der Waals surface area contributed by atoms with E-state index in [1.165, 1.54) is 7.11 Å². The number of hydrogen-bond acceptors (Lipinski definition) is 3. The molecule has 4 nitrogen and oxygen atoms in total. The van der Waals surface area contributed by atoms with E-state index >= 15 is 0 Å². The predicted octanol–water partition coefficient (Wildman–Crippen LogP) is 3.19. The molecule has 0 aromatic heterocycles. The van der Waals surface area contributed by atoms with Crippen molar-refractivity contribution >= 4 is 23.3 Å². The van der Waals surface area contributed by atoms with Crippen molar-refractivity contribution in [1.82, 2.24) is 0 Å². The average molecular weight is 263 g/mol. The lowest BCUT2D eigenvalue weighted by Gasteiger charge is -2.13. The molecule has 19 heavy (non-hydrogen) atoms. The van der Waals surface area contributed by atoms with E-state index in [2.05, 4.69) is 5.32 Å². The second kappa shape index (κ2) is 8.95. The molecule has 0 heterocycles. The molecule has 0 fully saturated rings. The maximum absolute atomic E-state index is 11.4. The first-order chi connectivity index (χ1) is 9.13. The first-order valence-corrected chi connectivity index (χ1v) is 6.33. The van der Waals surface area contributed by atoms with E-state index in [1.54, 1.807) is 25.0 Å². The molecular weight excluding hydrogens is 242 g/mol. The van der Waals surface area contributed by atoms with Gasteiger partial charge in [0.1, 0.15) is 0 Å². The van der Waals surface area contributed by atoms with Crippen LogP contribution in [0.2, 0.25) is 0 Å². The highest BCUT2D eigenvalue weighted by atomic mass is 16.5. The Balaban J connectivity index is 0.00000154. The van der Waals surface area contributed by atoms with Crippen molar-refractivity contribution in [3.05, 3.63) is 29.3 Å². The molecule has 0 saturated heterocycles. The van der Waals surface area contributed by atoms with E-state index in [-0.39, 0.29) is 11.7 Å². The smallest absolute Gasteiger partial charge is 0.224 e. The summed E-state index contributed by atoms with van der Waals surface area (Å²) < 4.78 is 4.94. The van der Waals surface area contributed by atoms with Crippen molar-refractivity contribution in [3.8, 4) is 0 Å². The van der Waals surface area contributed by atoms with Crippen molar-refractivity contribution in [2.75, 3.05) is 12.4 Å². The first-order valence-electron chi connectivity index (χ1n) is 6.33. The predicted molar refractivity (Wildman–Crippen MR) is 77.6 cm³/mol. The van der Waals surface area contributed by atoms with Gasteiger partial charge in [-0.25, -0.2) is 4.79 Å². The lowest BCUT2D eigenvalue weighted by Crippen LogP contribution is -2.12. The molecule has 1 N–H and O–H groups in total. The van der Waals surface area contributed by atoms with Gasteiger partial charge in [0.05, 0.1) is 18.4 Å². The Morgan fingerprint density at radius 1 is 1.37 bits per heavy atom. The Labute approximate surface area is 114 Å². The molecule has 0 atom stereocenters. The lowest BCUT2D eigenvalue weighted by atomic mass is 10.1. The number of carbonyl (C=O) groups excluding carboxylic acids is 2. The van der Waals surface area contributed by atoms with Crippen LogP contribution in [0.25, 0.3) is 5.76 Å². The van der Waals surface area contributed by atoms with E-state index in [9.17, 15) is 9.59 Å². The number of rotatable bonds is 4. The fourth-order valence-corrected chi connectivity index (χ4v) is 1.46. The van der Waals surface area contributed by atoms with Crippen LogP contribution in [0.4, 0.5) is 5.69 Å². The number of nitrogens with one attached hydrogen (secondary N) is 1. The molecule has 0 bridgehead atoms. The van der Waals surface area contributed by atoms with Gasteiger partial charge in [0.2, 0.25) is 11.7 Å². The van der Waals surface area contributed by atoms with Gasteiger partial charge in [0.25, 0.3) is 0 Å². The Kier molecular flexibility index (Phi) is 7.98. The SMILES string of the molecule is CC.CCC(=O)Nc1c(C)cccc1C(=C=O)OC. The van der Waals surface area contributed by atoms with Gasteiger partial charge >= 0.3 is 0 Å². The minimum atomic E-state index is -0.109. The monoisotopic (exact) mass is 263 g/mol. The van der Waals surface area contributed by atoms with Crippen LogP contribution in [0.5, 0.6) is 0 Å². The highest BCUT2D eigenvalue weighted by Gasteiger charge is 2.13. The summed E-state index contributed by atoms with van der Waals surface area (Å²) in [6.07, 6.45) is 0.376. The third kappa shape index (κ3) is 4.60. The van der Waals surface area contributed by atoms with Gasteiger partial charge in [-0.2, -0.15) is 0 Å². The van der Waals surface area contributed by atoms with Crippen LogP contribution in [0.1, 0.15) is 38.3 Å². The molecule has 104 valence electrons. The minimum Gasteiger partial charge on any atom is -0.486 e. The number of hydrogen-bond donors (Lipinski definition) is 1. The third-order valence-electron chi connectivity index (χ3n) is 2.40. The minimum absolute atomic E-state index is 0.0834. The maximum atomic E-state index is 11.4. The van der Waals surface area contributed by atoms with E-state index in [1.807, 2.05) is 26.8 Å². The summed E-state index contributed by atoms with van der Waals surface area (Å²) in [6.45, 7) is 7.62. The summed E-state index contributed by atoms with van der Waals surface area (Å²) in [5.74, 6) is 1.69. The molecule has 1 aromatic rings. The van der Waals surface area contributed by atoms with Crippen LogP contribution in [0, 0.1) is 6.92 Å². The molecule has 0 radical (unpaired) electrons. The van der Waals surface area contributed by atoms with Gasteiger partial charge in [-0.15, -0.1) is 0 Å². The summed E-state index contributed by atoms with van der Waals surface area (Å²) >= 11 is 0. The van der Waals surface area contributed by atoms with E-state index in [0.29, 0.717) is 17.7 Å². The fourth-order valence-electron chi connectivity index (χ4n) is 1.46. The summed E-state index contributed by atoms with van der Waals surface area (Å²) in [5.41, 5.74) is 2.01. The normalized spacial score (nSPS) is 8.68. The molecule has 0 aliphatic rings. The Hall–Kier alpha value is -2.06. The van der Waals surface area contributed by atoms with Crippen molar-refractivity contribution < 1.29 is 14.3 Å². The van der Waals surface area contributed by atoms with Gasteiger partial charge < -0.3 is 10.1 Å². The van der Waals surface area contributed by atoms with Gasteiger partial charge in [-0.3, -0.25) is 4.79 Å². The zero-order valence-electron chi connectivity index (χ0n) is 12.2. The fraction of sp³-hybridized carbons (Fsp3) is 0.400. The Morgan fingerprint density at radius 2 is 2.00 bits per heavy atom. The van der Waals surface area contributed by atoms with Crippen LogP contribution in [0.3, 0.4) is 0 Å². The van der Waals surface area contributed by atoms with Gasteiger partial charge in [0.15, 0.2) is 5.94 Å². The summed E-state index contributed by atoms with van der Waals surface area (Å²) in [4.78, 5) is 22.2. The zero-order chi connectivity index (χ0) is 14.8. The topological polar surface area (TPSA) is 55.4 Å². The van der Waals surface area contributed by atoms with E-state index in [0.717, 1.165) is 5.56 Å². The average Bonchev–Trinajstić information content (AvgIpc) is 2.45. The second-order valence-electron chi connectivity index (χ2n) is 3.53. The number of benzene rings is 1. The molecule has 4 heteroatoms. The van der Waals surface area contributed by atoms with E-state index < -0.39 is 0 Å². The number of carbonyl (C=O) groups is 1. The highest BCUT2D eigenvalue weighted by molar-refractivity contribution is 5.97. The summed E-state index contributed by atoms with van der Waals surface area (Å²) in [6, 6.07) is 5.36. The maximum Gasteiger partial charge on any atom is 0.224 e. The quantitative estimate of drug-likeness (QED) is 0.670. The Bertz CT molecular complexity index is 474. The van der Waals surface area contributed by atoms with Crippen molar-refractivity contribution in [1.29, 1.82) is 0 Å². The third-order valence-corrected chi connectivity index (χ3v) is 2.40. The summed E-state index contributed by atoms with van der Waals surface area (Å²) in [5, 5.41) is 2.76. The molecule has 0 unspecified atom stereocenters. The molecule has 0 aliphatic carbocycles. The van der Waals surface area contributed by atoms with Gasteiger partial charge in [-0.1, -0.05) is 32.9 Å². The van der Waals surface area contributed by atoms with Crippen molar-refractivity contribution in [3.63, 3.8) is 0 Å². The molecule has 1 amide bonds. The largest absolute Gasteiger partial charge is 0.486 e. The molecule has 1 rings (SSSR count). The number of anilines is 1. The molecule has 0 aliphatic heterocycles. The van der Waals surface area contributed by atoms with Crippen LogP contribution < -0.4 is 5.32 Å². The van der Waals surface area contributed by atoms with Crippen molar-refractivity contribution in [2.24, 2.45) is 0 Å². The number of methoxy groups -OCH3 is 1. The zero-order valence-corrected chi connectivity index (χ0v) is 12.2. The number of amides is 1. The van der Waals surface area contributed by atoms with Crippen LogP contribution in [-0.4, -0.2) is 19.0 Å². The molecule has 1 aromatic carbocycles. The first kappa shape index (κ1) is 16.9. The number of para-hydroxylation sites is 1. The lowest BCUT2D eigenvalue weighted by molar-refractivity contribution is -0.115. The van der Waals surface area contributed by atoms with Crippen LogP contribution in [0.15, 0.2) is 18.2 Å². The van der Waals surface area contributed by atoms with Crippen LogP contribution >= 0.6 is 0 Å². The highest BCUT2D eigenvalue weighted by Crippen LogP contribution is 2.26. The molecule has 0 saturated carbocycles. The van der Waals surface area contributed by atoms with Crippen molar-refractivity contribution in [2.45, 2.75) is 34.1 Å². The van der Waals surface area contributed by atoms with Gasteiger partial charge in [-0.05, 0) is 18.6 Å². The van der Waals surface area contributed by atoms with Gasteiger partial charge in [0, 0.05) is 6.42 Å². The molecular formula is C15H21NO3. The summed E-state index contributed by atoms with van der Waals surface area (Å²) in [7, 11) is 1.40. The number of aryl methyl sites for hydroxylation is 1. The molecule has 0 spiro atoms. The standard InChI is InChI=1S/C13H15NO3.C2H6/c1-4-12(16)14-13-9(2)6-5-7-10(13)11(8-15)17-3;1-2/h5-7H,4H2,1-3H3,(H,14,16);1-2H3. The second-order valence-corrected chi connectivity index (χ2v) is 3.53.